The average Bonchev–Trinajstić information content (AvgIpc) is 2.87. The van der Waals surface area contributed by atoms with Crippen LogP contribution in [0.2, 0.25) is 0 Å². The summed E-state index contributed by atoms with van der Waals surface area (Å²) in [7, 11) is 0. The van der Waals surface area contributed by atoms with Gasteiger partial charge in [-0.05, 0) is 57.5 Å². The van der Waals surface area contributed by atoms with E-state index in [-0.39, 0.29) is 24.1 Å². The maximum absolute atomic E-state index is 13.4. The fraction of sp³-hybridized carbons (Fsp3) is 0.370. The summed E-state index contributed by atoms with van der Waals surface area (Å²) in [6.07, 6.45) is 2.89. The van der Waals surface area contributed by atoms with E-state index < -0.39 is 0 Å². The molecule has 3 aromatic rings. The maximum atomic E-state index is 13.4. The van der Waals surface area contributed by atoms with Crippen LogP contribution in [-0.2, 0) is 6.54 Å². The number of carbonyl (C=O) groups is 1. The van der Waals surface area contributed by atoms with E-state index in [4.69, 9.17) is 10.4 Å². The van der Waals surface area contributed by atoms with E-state index in [1.54, 1.807) is 12.3 Å². The van der Waals surface area contributed by atoms with Crippen molar-refractivity contribution < 1.29 is 4.79 Å². The number of carbonyl (C=O) groups excluding carboxylic acids is 1. The molecule has 1 aliphatic heterocycles. The number of aryl methyl sites for hydroxylation is 2. The minimum Gasteiger partial charge on any atom is -0.367 e. The average molecular weight is 503 g/mol. The molecule has 5 N–H and O–H groups in total. The summed E-state index contributed by atoms with van der Waals surface area (Å²) in [6.45, 7) is 11.2. The van der Waals surface area contributed by atoms with Gasteiger partial charge in [0.1, 0.15) is 11.6 Å². The Bertz CT molecular complexity index is 1360. The molecule has 37 heavy (non-hydrogen) atoms. The number of H-pyrrole nitrogens is 1. The summed E-state index contributed by atoms with van der Waals surface area (Å²) in [5.74, 6) is 0.928. The van der Waals surface area contributed by atoms with Gasteiger partial charge in [-0.15, -0.1) is 0 Å². The molecule has 0 atom stereocenters. The van der Waals surface area contributed by atoms with E-state index in [0.29, 0.717) is 28.2 Å². The highest BCUT2D eigenvalue weighted by Crippen LogP contribution is 2.27. The van der Waals surface area contributed by atoms with Crippen molar-refractivity contribution in [1.29, 1.82) is 5.41 Å². The lowest BCUT2D eigenvalue weighted by Crippen LogP contribution is -2.43. The van der Waals surface area contributed by atoms with E-state index in [1.165, 1.54) is 0 Å². The number of aromatic amines is 1. The molecule has 0 radical (unpaired) electrons. The fourth-order valence-corrected chi connectivity index (χ4v) is 4.43. The highest BCUT2D eigenvalue weighted by atomic mass is 16.1. The Kier molecular flexibility index (Phi) is 7.98. The largest absolute Gasteiger partial charge is 0.367 e. The molecule has 10 nitrogen and oxygen atoms in total. The monoisotopic (exact) mass is 502 g/mol. The molecule has 10 heteroatoms. The Morgan fingerprint density at radius 3 is 2.65 bits per heavy atom. The molecule has 4 rings (SSSR count). The predicted octanol–water partition coefficient (Wildman–Crippen LogP) is 2.61. The summed E-state index contributed by atoms with van der Waals surface area (Å²) in [5, 5.41) is 17.5. The van der Waals surface area contributed by atoms with Crippen molar-refractivity contribution >= 4 is 23.8 Å². The summed E-state index contributed by atoms with van der Waals surface area (Å²) < 4.78 is 0. The molecule has 0 aliphatic carbocycles. The van der Waals surface area contributed by atoms with E-state index >= 15 is 0 Å². The minimum atomic E-state index is -0.385. The van der Waals surface area contributed by atoms with E-state index in [2.05, 4.69) is 30.8 Å². The van der Waals surface area contributed by atoms with Gasteiger partial charge in [-0.25, -0.2) is 9.97 Å². The number of aromatic nitrogens is 3. The molecule has 1 saturated heterocycles. The first-order valence-corrected chi connectivity index (χ1v) is 12.5. The minimum absolute atomic E-state index is 0.0416. The van der Waals surface area contributed by atoms with Gasteiger partial charge in [0.25, 0.3) is 11.5 Å². The van der Waals surface area contributed by atoms with Gasteiger partial charge in [0.05, 0.1) is 11.3 Å². The van der Waals surface area contributed by atoms with E-state index in [0.717, 1.165) is 55.0 Å². The summed E-state index contributed by atoms with van der Waals surface area (Å²) in [4.78, 5) is 40.2. The second kappa shape index (κ2) is 11.3. The van der Waals surface area contributed by atoms with Crippen LogP contribution in [0.5, 0.6) is 0 Å². The molecule has 0 aromatic carbocycles. The van der Waals surface area contributed by atoms with Gasteiger partial charge >= 0.3 is 0 Å². The Balaban J connectivity index is 1.71. The molecule has 0 unspecified atom stereocenters. The van der Waals surface area contributed by atoms with Gasteiger partial charge in [-0.1, -0.05) is 0 Å². The third kappa shape index (κ3) is 6.03. The number of piperazine rings is 1. The van der Waals surface area contributed by atoms with Crippen LogP contribution in [0.25, 0.3) is 11.3 Å². The van der Waals surface area contributed by atoms with Crippen LogP contribution in [0.1, 0.15) is 46.6 Å². The normalized spacial score (nSPS) is 13.5. The van der Waals surface area contributed by atoms with Crippen LogP contribution < -0.4 is 26.4 Å². The van der Waals surface area contributed by atoms with Crippen LogP contribution in [-0.4, -0.2) is 59.3 Å². The maximum Gasteiger partial charge on any atom is 0.253 e. The molecule has 1 amide bonds. The number of nitrogens with one attached hydrogen (secondary N) is 5. The first kappa shape index (κ1) is 26.0. The Labute approximate surface area is 216 Å². The molecule has 0 bridgehead atoms. The van der Waals surface area contributed by atoms with Crippen molar-refractivity contribution in [2.24, 2.45) is 0 Å². The zero-order valence-corrected chi connectivity index (χ0v) is 21.7. The SMILES string of the molecule is Cc1cc(C)c(CNC(=O)c2cc(-c3ccnc(N4CCNCC4)c3)nc(NC(C)C)c2C=N)c(=O)[nH]1. The predicted molar refractivity (Wildman–Crippen MR) is 147 cm³/mol. The number of amides is 1. The molecular weight excluding hydrogens is 468 g/mol. The van der Waals surface area contributed by atoms with Gasteiger partial charge in [0.15, 0.2) is 0 Å². The lowest BCUT2D eigenvalue weighted by Gasteiger charge is -2.28. The number of rotatable bonds is 8. The topological polar surface area (TPSA) is 139 Å². The third-order valence-electron chi connectivity index (χ3n) is 6.27. The van der Waals surface area contributed by atoms with Crippen molar-refractivity contribution in [2.45, 2.75) is 40.3 Å². The zero-order chi connectivity index (χ0) is 26.5. The van der Waals surface area contributed by atoms with Gasteiger partial charge in [0.2, 0.25) is 0 Å². The smallest absolute Gasteiger partial charge is 0.253 e. The number of nitrogens with zero attached hydrogens (tertiary/aromatic N) is 3. The number of hydrogen-bond donors (Lipinski definition) is 5. The molecule has 194 valence electrons. The molecule has 3 aromatic heterocycles. The quantitative estimate of drug-likeness (QED) is 0.298. The van der Waals surface area contributed by atoms with Crippen LogP contribution in [0.3, 0.4) is 0 Å². The zero-order valence-electron chi connectivity index (χ0n) is 21.7. The van der Waals surface area contributed by atoms with Crippen molar-refractivity contribution in [2.75, 3.05) is 36.4 Å². The van der Waals surface area contributed by atoms with Crippen molar-refractivity contribution in [3.05, 3.63) is 68.8 Å². The second-order valence-electron chi connectivity index (χ2n) is 9.53. The number of hydrogen-bond acceptors (Lipinski definition) is 8. The Hall–Kier alpha value is -4.05. The van der Waals surface area contributed by atoms with Crippen molar-refractivity contribution in [1.82, 2.24) is 25.6 Å². The molecule has 1 fully saturated rings. The Morgan fingerprint density at radius 2 is 1.97 bits per heavy atom. The van der Waals surface area contributed by atoms with Gasteiger partial charge in [-0.2, -0.15) is 0 Å². The number of anilines is 2. The van der Waals surface area contributed by atoms with Gasteiger partial charge in [0, 0.05) is 73.6 Å². The van der Waals surface area contributed by atoms with Crippen LogP contribution in [0.4, 0.5) is 11.6 Å². The lowest BCUT2D eigenvalue weighted by atomic mass is 10.0. The second-order valence-corrected chi connectivity index (χ2v) is 9.53. The fourth-order valence-electron chi connectivity index (χ4n) is 4.43. The van der Waals surface area contributed by atoms with Crippen LogP contribution >= 0.6 is 0 Å². The van der Waals surface area contributed by atoms with Crippen molar-refractivity contribution in [3.63, 3.8) is 0 Å². The first-order valence-electron chi connectivity index (χ1n) is 12.5. The molecule has 0 saturated carbocycles. The van der Waals surface area contributed by atoms with Crippen LogP contribution in [0, 0.1) is 19.3 Å². The van der Waals surface area contributed by atoms with E-state index in [1.807, 2.05) is 45.9 Å². The summed E-state index contributed by atoms with van der Waals surface area (Å²) >= 11 is 0. The van der Waals surface area contributed by atoms with Crippen molar-refractivity contribution in [3.8, 4) is 11.3 Å². The lowest BCUT2D eigenvalue weighted by molar-refractivity contribution is 0.0950. The highest BCUT2D eigenvalue weighted by molar-refractivity contribution is 6.05. The molecule has 4 heterocycles. The number of pyridine rings is 3. The van der Waals surface area contributed by atoms with Gasteiger partial charge < -0.3 is 31.2 Å². The summed E-state index contributed by atoms with van der Waals surface area (Å²) in [5.41, 5.74) is 3.98. The Morgan fingerprint density at radius 1 is 1.22 bits per heavy atom. The molecule has 0 spiro atoms. The third-order valence-corrected chi connectivity index (χ3v) is 6.27. The molecular formula is C27H34N8O2. The standard InChI is InChI=1S/C27H34N8O2/c1-16(2)32-25-21(14-28)20(26(36)31-15-22-17(3)11-18(4)33-27(22)37)13-23(34-25)19-5-6-30-24(12-19)35-9-7-29-8-10-35/h5-6,11-14,16,28-29H,7-10,15H2,1-4H3,(H,31,36)(H,32,34)(H,33,37). The summed E-state index contributed by atoms with van der Waals surface area (Å²) in [6, 6.07) is 7.47. The molecule has 1 aliphatic rings. The first-order chi connectivity index (χ1) is 17.8. The van der Waals surface area contributed by atoms with Crippen LogP contribution in [0.15, 0.2) is 35.3 Å². The van der Waals surface area contributed by atoms with Gasteiger partial charge in [-0.3, -0.25) is 9.59 Å². The van der Waals surface area contributed by atoms with E-state index in [9.17, 15) is 9.59 Å². The highest BCUT2D eigenvalue weighted by Gasteiger charge is 2.20.